The fraction of sp³-hybridized carbons (Fsp3) is 0.348. The molecule has 2 aromatic carbocycles. The summed E-state index contributed by atoms with van der Waals surface area (Å²) in [5.74, 6) is -0.0390. The molecule has 5 heteroatoms. The molecule has 1 aliphatic heterocycles. The van der Waals surface area contributed by atoms with Crippen LogP contribution in [0.25, 0.3) is 10.9 Å². The van der Waals surface area contributed by atoms with Crippen LogP contribution in [0.1, 0.15) is 28.4 Å². The fourth-order valence-corrected chi connectivity index (χ4v) is 3.86. The van der Waals surface area contributed by atoms with Crippen LogP contribution in [0.3, 0.4) is 0 Å². The normalized spacial score (nSPS) is 15.8. The quantitative estimate of drug-likeness (QED) is 0.694. The summed E-state index contributed by atoms with van der Waals surface area (Å²) in [6, 6.07) is 16.2. The molecule has 3 aromatic rings. The molecule has 1 aliphatic rings. The van der Waals surface area contributed by atoms with Gasteiger partial charge in [-0.25, -0.2) is 0 Å². The minimum atomic E-state index is -0.0390. The van der Waals surface area contributed by atoms with Crippen molar-refractivity contribution in [2.24, 2.45) is 0 Å². The molecule has 0 bridgehead atoms. The molecule has 1 saturated heterocycles. The zero-order chi connectivity index (χ0) is 19.3. The van der Waals surface area contributed by atoms with Gasteiger partial charge in [0.1, 0.15) is 0 Å². The first-order chi connectivity index (χ1) is 13.7. The molecule has 2 heterocycles. The van der Waals surface area contributed by atoms with Crippen molar-refractivity contribution >= 4 is 16.8 Å². The number of aromatic nitrogens is 1. The molecule has 1 fully saturated rings. The van der Waals surface area contributed by atoms with Gasteiger partial charge in [0.05, 0.1) is 0 Å². The van der Waals surface area contributed by atoms with E-state index in [0.29, 0.717) is 12.1 Å². The first kappa shape index (κ1) is 18.7. The van der Waals surface area contributed by atoms with Crippen molar-refractivity contribution in [3.63, 3.8) is 0 Å². The summed E-state index contributed by atoms with van der Waals surface area (Å²) in [6.07, 6.45) is 1.89. The Hall–Kier alpha value is -2.63. The van der Waals surface area contributed by atoms with Crippen LogP contribution < -0.4 is 5.32 Å². The summed E-state index contributed by atoms with van der Waals surface area (Å²) in [5.41, 5.74) is 4.16. The Kier molecular flexibility index (Phi) is 5.74. The molecule has 0 spiro atoms. The maximum Gasteiger partial charge on any atom is 0.251 e. The highest BCUT2D eigenvalue weighted by Crippen LogP contribution is 2.16. The van der Waals surface area contributed by atoms with Gasteiger partial charge in [0.2, 0.25) is 0 Å². The maximum atomic E-state index is 12.6. The molecule has 28 heavy (non-hydrogen) atoms. The Morgan fingerprint density at radius 3 is 2.54 bits per heavy atom. The third kappa shape index (κ3) is 4.26. The SMILES string of the molecule is CCN1CCN(Cc2ccccc2CNC(=O)c2ccc3cc[nH]c3c2)CC1. The number of rotatable bonds is 6. The molecule has 0 radical (unpaired) electrons. The van der Waals surface area contributed by atoms with Gasteiger partial charge in [-0.1, -0.05) is 37.3 Å². The molecular weight excluding hydrogens is 348 g/mol. The lowest BCUT2D eigenvalue weighted by Crippen LogP contribution is -2.45. The average Bonchev–Trinajstić information content (AvgIpc) is 3.21. The number of piperazine rings is 1. The smallest absolute Gasteiger partial charge is 0.251 e. The van der Waals surface area contributed by atoms with E-state index in [-0.39, 0.29) is 5.91 Å². The number of amides is 1. The van der Waals surface area contributed by atoms with Crippen molar-refractivity contribution in [3.05, 3.63) is 71.4 Å². The molecular formula is C23H28N4O. The average molecular weight is 377 g/mol. The second kappa shape index (κ2) is 8.59. The van der Waals surface area contributed by atoms with Gasteiger partial charge in [-0.3, -0.25) is 9.69 Å². The van der Waals surface area contributed by atoms with E-state index in [0.717, 1.165) is 50.2 Å². The lowest BCUT2D eigenvalue weighted by Gasteiger charge is -2.34. The first-order valence-electron chi connectivity index (χ1n) is 10.1. The van der Waals surface area contributed by atoms with Crippen LogP contribution in [-0.4, -0.2) is 53.4 Å². The van der Waals surface area contributed by atoms with E-state index in [2.05, 4.69) is 45.2 Å². The summed E-state index contributed by atoms with van der Waals surface area (Å²) < 4.78 is 0. The third-order valence-electron chi connectivity index (χ3n) is 5.68. The van der Waals surface area contributed by atoms with Gasteiger partial charge in [-0.2, -0.15) is 0 Å². The van der Waals surface area contributed by atoms with Gasteiger partial charge in [0, 0.05) is 56.5 Å². The number of H-pyrrole nitrogens is 1. The lowest BCUT2D eigenvalue weighted by atomic mass is 10.1. The molecule has 4 rings (SSSR count). The molecule has 0 saturated carbocycles. The minimum Gasteiger partial charge on any atom is -0.361 e. The minimum absolute atomic E-state index is 0.0390. The topological polar surface area (TPSA) is 51.4 Å². The largest absolute Gasteiger partial charge is 0.361 e. The van der Waals surface area contributed by atoms with Crippen molar-refractivity contribution in [1.29, 1.82) is 0 Å². The van der Waals surface area contributed by atoms with Gasteiger partial charge in [0.25, 0.3) is 5.91 Å². The van der Waals surface area contributed by atoms with Crippen LogP contribution in [0.5, 0.6) is 0 Å². The highest BCUT2D eigenvalue weighted by atomic mass is 16.1. The van der Waals surface area contributed by atoms with E-state index in [4.69, 9.17) is 0 Å². The second-order valence-corrected chi connectivity index (χ2v) is 7.44. The fourth-order valence-electron chi connectivity index (χ4n) is 3.86. The first-order valence-corrected chi connectivity index (χ1v) is 10.1. The summed E-state index contributed by atoms with van der Waals surface area (Å²) in [6.45, 7) is 9.32. The molecule has 0 unspecified atom stereocenters. The van der Waals surface area contributed by atoms with Crippen LogP contribution in [0.2, 0.25) is 0 Å². The number of nitrogens with zero attached hydrogens (tertiary/aromatic N) is 2. The van der Waals surface area contributed by atoms with Crippen LogP contribution in [-0.2, 0) is 13.1 Å². The summed E-state index contributed by atoms with van der Waals surface area (Å²) in [5, 5.41) is 4.20. The van der Waals surface area contributed by atoms with E-state index in [1.165, 1.54) is 11.1 Å². The van der Waals surface area contributed by atoms with Crippen LogP contribution >= 0.6 is 0 Å². The Balaban J connectivity index is 1.39. The molecule has 146 valence electrons. The number of carbonyl (C=O) groups is 1. The predicted octanol–water partition coefficient (Wildman–Crippen LogP) is 3.24. The third-order valence-corrected chi connectivity index (χ3v) is 5.68. The molecule has 2 N–H and O–H groups in total. The number of likely N-dealkylation sites (N-methyl/N-ethyl adjacent to an activating group) is 1. The number of aromatic amines is 1. The second-order valence-electron chi connectivity index (χ2n) is 7.44. The molecule has 1 aromatic heterocycles. The summed E-state index contributed by atoms with van der Waals surface area (Å²) >= 11 is 0. The summed E-state index contributed by atoms with van der Waals surface area (Å²) in [7, 11) is 0. The van der Waals surface area contributed by atoms with Crippen LogP contribution in [0.15, 0.2) is 54.7 Å². The van der Waals surface area contributed by atoms with Gasteiger partial charge >= 0.3 is 0 Å². The van der Waals surface area contributed by atoms with Crippen molar-refractivity contribution in [2.45, 2.75) is 20.0 Å². The molecule has 5 nitrogen and oxygen atoms in total. The Bertz CT molecular complexity index is 940. The van der Waals surface area contributed by atoms with Crippen molar-refractivity contribution in [1.82, 2.24) is 20.1 Å². The highest BCUT2D eigenvalue weighted by molar-refractivity contribution is 5.97. The van der Waals surface area contributed by atoms with E-state index in [1.807, 2.05) is 36.5 Å². The van der Waals surface area contributed by atoms with Crippen LogP contribution in [0.4, 0.5) is 0 Å². The number of hydrogen-bond donors (Lipinski definition) is 2. The predicted molar refractivity (Wildman–Crippen MR) is 113 cm³/mol. The number of fused-ring (bicyclic) bond motifs is 1. The van der Waals surface area contributed by atoms with Gasteiger partial charge in [-0.15, -0.1) is 0 Å². The zero-order valence-corrected chi connectivity index (χ0v) is 16.4. The molecule has 0 atom stereocenters. The van der Waals surface area contributed by atoms with E-state index in [1.54, 1.807) is 0 Å². The molecule has 1 amide bonds. The Morgan fingerprint density at radius 2 is 1.75 bits per heavy atom. The maximum absolute atomic E-state index is 12.6. The van der Waals surface area contributed by atoms with Gasteiger partial charge in [-0.05, 0) is 41.3 Å². The number of hydrogen-bond acceptors (Lipinski definition) is 3. The van der Waals surface area contributed by atoms with Crippen molar-refractivity contribution in [2.75, 3.05) is 32.7 Å². The zero-order valence-electron chi connectivity index (χ0n) is 16.4. The monoisotopic (exact) mass is 376 g/mol. The number of carbonyl (C=O) groups excluding carboxylic acids is 1. The Morgan fingerprint density at radius 1 is 1.00 bits per heavy atom. The van der Waals surface area contributed by atoms with E-state index in [9.17, 15) is 4.79 Å². The van der Waals surface area contributed by atoms with E-state index < -0.39 is 0 Å². The number of benzene rings is 2. The van der Waals surface area contributed by atoms with E-state index >= 15 is 0 Å². The van der Waals surface area contributed by atoms with Gasteiger partial charge in [0.15, 0.2) is 0 Å². The standard InChI is InChI=1S/C23H28N4O/c1-2-26-11-13-27(14-12-26)17-21-6-4-3-5-20(21)16-25-23(28)19-8-7-18-9-10-24-22(18)15-19/h3-10,15,24H,2,11-14,16-17H2,1H3,(H,25,28). The highest BCUT2D eigenvalue weighted by Gasteiger charge is 2.17. The lowest BCUT2D eigenvalue weighted by molar-refractivity contribution is 0.0950. The Labute approximate surface area is 166 Å². The van der Waals surface area contributed by atoms with Crippen LogP contribution in [0, 0.1) is 0 Å². The summed E-state index contributed by atoms with van der Waals surface area (Å²) in [4.78, 5) is 20.8. The molecule has 0 aliphatic carbocycles. The van der Waals surface area contributed by atoms with Crippen molar-refractivity contribution < 1.29 is 4.79 Å². The number of nitrogens with one attached hydrogen (secondary N) is 2. The van der Waals surface area contributed by atoms with Gasteiger partial charge < -0.3 is 15.2 Å². The van der Waals surface area contributed by atoms with Crippen molar-refractivity contribution in [3.8, 4) is 0 Å².